The molecule has 0 aromatic heterocycles. The molecule has 218 valence electrons. The van der Waals surface area contributed by atoms with E-state index in [9.17, 15) is 19.2 Å². The van der Waals surface area contributed by atoms with E-state index >= 15 is 0 Å². The number of anilines is 2. The molecule has 1 atom stereocenters. The molecule has 4 rings (SSSR count). The van der Waals surface area contributed by atoms with E-state index in [0.29, 0.717) is 38.1 Å². The number of carbonyl (C=O) groups excluding carboxylic acids is 4. The molecule has 11 heteroatoms. The highest BCUT2D eigenvalue weighted by atomic mass is 35.5. The summed E-state index contributed by atoms with van der Waals surface area (Å²) in [6.45, 7) is 1.77. The maximum absolute atomic E-state index is 13.3. The summed E-state index contributed by atoms with van der Waals surface area (Å²) in [5.41, 5.74) is 7.47. The van der Waals surface area contributed by atoms with Crippen LogP contribution in [0.5, 0.6) is 0 Å². The van der Waals surface area contributed by atoms with Crippen LogP contribution < -0.4 is 21.7 Å². The Bertz CT molecular complexity index is 1680. The molecule has 8 nitrogen and oxygen atoms in total. The van der Waals surface area contributed by atoms with Gasteiger partial charge in [-0.15, -0.1) is 11.8 Å². The predicted octanol–water partition coefficient (Wildman–Crippen LogP) is 6.62. The van der Waals surface area contributed by atoms with Crippen LogP contribution in [-0.2, 0) is 9.59 Å². The van der Waals surface area contributed by atoms with Crippen molar-refractivity contribution >= 4 is 76.0 Å². The standard InChI is InChI=1S/C32H26Cl2N4O4S/c1-19(30(40)36-24-11-8-20(9-12-24)29(35)39)43-26-15-13-25(14-16-26)37-32(42)28(17-22-7-10-23(33)18-27(22)34)38-31(41)21-5-3-2-4-6-21/h2-19H,1H3,(H2,35,39)(H,36,40)(H,37,42)(H,38,41)/b28-17-. The number of carbonyl (C=O) groups is 4. The summed E-state index contributed by atoms with van der Waals surface area (Å²) in [4.78, 5) is 50.9. The molecule has 0 fully saturated rings. The molecule has 0 aliphatic carbocycles. The number of rotatable bonds is 10. The molecule has 43 heavy (non-hydrogen) atoms. The molecule has 4 aromatic carbocycles. The minimum Gasteiger partial charge on any atom is -0.366 e. The molecule has 0 saturated carbocycles. The van der Waals surface area contributed by atoms with Crippen molar-refractivity contribution in [3.8, 4) is 0 Å². The summed E-state index contributed by atoms with van der Waals surface area (Å²) in [7, 11) is 0. The zero-order chi connectivity index (χ0) is 30.9. The van der Waals surface area contributed by atoms with Gasteiger partial charge in [0.25, 0.3) is 11.8 Å². The van der Waals surface area contributed by atoms with E-state index in [1.165, 1.54) is 17.8 Å². The Morgan fingerprint density at radius 2 is 1.42 bits per heavy atom. The van der Waals surface area contributed by atoms with E-state index in [1.54, 1.807) is 104 Å². The zero-order valence-electron chi connectivity index (χ0n) is 22.8. The Kier molecular flexibility index (Phi) is 10.6. The second-order valence-electron chi connectivity index (χ2n) is 9.21. The Balaban J connectivity index is 1.43. The number of nitrogens with two attached hydrogens (primary N) is 1. The fourth-order valence-corrected chi connectivity index (χ4v) is 5.08. The van der Waals surface area contributed by atoms with Gasteiger partial charge in [0.1, 0.15) is 5.70 Å². The highest BCUT2D eigenvalue weighted by molar-refractivity contribution is 8.00. The molecule has 0 saturated heterocycles. The van der Waals surface area contributed by atoms with Crippen LogP contribution in [0.4, 0.5) is 11.4 Å². The molecule has 4 aromatic rings. The van der Waals surface area contributed by atoms with Crippen LogP contribution in [0.3, 0.4) is 0 Å². The second-order valence-corrected chi connectivity index (χ2v) is 11.5. The maximum Gasteiger partial charge on any atom is 0.272 e. The average molecular weight is 634 g/mol. The van der Waals surface area contributed by atoms with Crippen molar-refractivity contribution in [2.75, 3.05) is 10.6 Å². The van der Waals surface area contributed by atoms with Crippen LogP contribution in [0.2, 0.25) is 10.0 Å². The van der Waals surface area contributed by atoms with Crippen LogP contribution >= 0.6 is 35.0 Å². The highest BCUT2D eigenvalue weighted by Crippen LogP contribution is 2.27. The van der Waals surface area contributed by atoms with E-state index < -0.39 is 23.0 Å². The zero-order valence-corrected chi connectivity index (χ0v) is 25.1. The molecule has 4 amide bonds. The van der Waals surface area contributed by atoms with Gasteiger partial charge in [-0.1, -0.05) is 47.5 Å². The van der Waals surface area contributed by atoms with Gasteiger partial charge in [0, 0.05) is 37.4 Å². The summed E-state index contributed by atoms with van der Waals surface area (Å²) in [5, 5.41) is 8.57. The largest absolute Gasteiger partial charge is 0.366 e. The highest BCUT2D eigenvalue weighted by Gasteiger charge is 2.17. The van der Waals surface area contributed by atoms with Gasteiger partial charge in [-0.05, 0) is 91.4 Å². The number of hydrogen-bond acceptors (Lipinski definition) is 5. The first-order valence-corrected chi connectivity index (χ1v) is 14.5. The van der Waals surface area contributed by atoms with Crippen LogP contribution in [0.25, 0.3) is 6.08 Å². The number of nitrogens with one attached hydrogen (secondary N) is 3. The van der Waals surface area contributed by atoms with Gasteiger partial charge in [-0.25, -0.2) is 0 Å². The molecule has 0 radical (unpaired) electrons. The lowest BCUT2D eigenvalue weighted by molar-refractivity contribution is -0.115. The van der Waals surface area contributed by atoms with Gasteiger partial charge >= 0.3 is 0 Å². The second kappa shape index (κ2) is 14.6. The minimum absolute atomic E-state index is 0.0225. The number of benzene rings is 4. The molecule has 0 bridgehead atoms. The van der Waals surface area contributed by atoms with Gasteiger partial charge in [0.15, 0.2) is 0 Å². The van der Waals surface area contributed by atoms with Gasteiger partial charge < -0.3 is 21.7 Å². The lowest BCUT2D eigenvalue weighted by atomic mass is 10.1. The quantitative estimate of drug-likeness (QED) is 0.115. The maximum atomic E-state index is 13.3. The van der Waals surface area contributed by atoms with Crippen molar-refractivity contribution in [1.82, 2.24) is 5.32 Å². The third-order valence-electron chi connectivity index (χ3n) is 6.02. The number of halogens is 2. The fourth-order valence-electron chi connectivity index (χ4n) is 3.75. The van der Waals surface area contributed by atoms with Crippen molar-refractivity contribution in [3.05, 3.63) is 129 Å². The molecule has 0 heterocycles. The molecule has 5 N–H and O–H groups in total. The third kappa shape index (κ3) is 8.96. The Morgan fingerprint density at radius 1 is 0.791 bits per heavy atom. The fraction of sp³-hybridized carbons (Fsp3) is 0.0625. The van der Waals surface area contributed by atoms with E-state index in [2.05, 4.69) is 16.0 Å². The first-order valence-electron chi connectivity index (χ1n) is 12.9. The van der Waals surface area contributed by atoms with Gasteiger partial charge in [-0.3, -0.25) is 19.2 Å². The minimum atomic E-state index is -0.564. The Hall–Kier alpha value is -4.57. The molecule has 0 aliphatic heterocycles. The monoisotopic (exact) mass is 632 g/mol. The first kappa shape index (κ1) is 31.4. The van der Waals surface area contributed by atoms with Crippen LogP contribution in [0.1, 0.15) is 33.2 Å². The third-order valence-corrected chi connectivity index (χ3v) is 7.70. The first-order chi connectivity index (χ1) is 20.6. The lowest BCUT2D eigenvalue weighted by Crippen LogP contribution is -2.30. The van der Waals surface area contributed by atoms with E-state index in [-0.39, 0.29) is 11.6 Å². The molecular formula is C32H26Cl2N4O4S. The van der Waals surface area contributed by atoms with E-state index in [4.69, 9.17) is 28.9 Å². The van der Waals surface area contributed by atoms with Crippen molar-refractivity contribution in [3.63, 3.8) is 0 Å². The topological polar surface area (TPSA) is 130 Å². The number of hydrogen-bond donors (Lipinski definition) is 4. The van der Waals surface area contributed by atoms with Gasteiger partial charge in [0.2, 0.25) is 11.8 Å². The number of amides is 4. The van der Waals surface area contributed by atoms with Crippen molar-refractivity contribution in [1.29, 1.82) is 0 Å². The van der Waals surface area contributed by atoms with Crippen molar-refractivity contribution < 1.29 is 19.2 Å². The molecule has 0 aliphatic rings. The SMILES string of the molecule is CC(Sc1ccc(NC(=O)/C(=C/c2ccc(Cl)cc2Cl)NC(=O)c2ccccc2)cc1)C(=O)Nc1ccc(C(N)=O)cc1. The van der Waals surface area contributed by atoms with Gasteiger partial charge in [0.05, 0.1) is 5.25 Å². The Morgan fingerprint density at radius 3 is 2.05 bits per heavy atom. The van der Waals surface area contributed by atoms with Crippen molar-refractivity contribution in [2.24, 2.45) is 5.73 Å². The normalized spacial score (nSPS) is 11.7. The number of primary amides is 1. The smallest absolute Gasteiger partial charge is 0.272 e. The Labute approximate surface area is 262 Å². The summed E-state index contributed by atoms with van der Waals surface area (Å²) in [6.07, 6.45) is 1.47. The summed E-state index contributed by atoms with van der Waals surface area (Å²) < 4.78 is 0. The molecule has 1 unspecified atom stereocenters. The lowest BCUT2D eigenvalue weighted by Gasteiger charge is -2.14. The molecule has 0 spiro atoms. The van der Waals surface area contributed by atoms with E-state index in [1.807, 2.05) is 0 Å². The van der Waals surface area contributed by atoms with Gasteiger partial charge in [-0.2, -0.15) is 0 Å². The molecular weight excluding hydrogens is 607 g/mol. The summed E-state index contributed by atoms with van der Waals surface area (Å²) >= 11 is 13.7. The van der Waals surface area contributed by atoms with Crippen LogP contribution in [0.15, 0.2) is 108 Å². The van der Waals surface area contributed by atoms with E-state index in [0.717, 1.165) is 4.90 Å². The van der Waals surface area contributed by atoms with Crippen LogP contribution in [-0.4, -0.2) is 28.9 Å². The predicted molar refractivity (Wildman–Crippen MR) is 172 cm³/mol. The number of thioether (sulfide) groups is 1. The van der Waals surface area contributed by atoms with Crippen LogP contribution in [0, 0.1) is 0 Å². The van der Waals surface area contributed by atoms with Crippen molar-refractivity contribution in [2.45, 2.75) is 17.1 Å². The summed E-state index contributed by atoms with van der Waals surface area (Å²) in [5.74, 6) is -1.80. The summed E-state index contributed by atoms with van der Waals surface area (Å²) in [6, 6.07) is 26.6. The average Bonchev–Trinajstić information content (AvgIpc) is 2.99.